The van der Waals surface area contributed by atoms with Crippen molar-refractivity contribution in [3.8, 4) is 0 Å². The van der Waals surface area contributed by atoms with Gasteiger partial charge in [0, 0.05) is 32.7 Å². The van der Waals surface area contributed by atoms with Crippen molar-refractivity contribution in [2.45, 2.75) is 52.6 Å². The van der Waals surface area contributed by atoms with E-state index in [1.165, 1.54) is 30.8 Å². The molecule has 0 aliphatic carbocycles. The zero-order valence-electron chi connectivity index (χ0n) is 13.5. The summed E-state index contributed by atoms with van der Waals surface area (Å²) in [5, 5.41) is 8.18. The molecule has 20 heavy (non-hydrogen) atoms. The Morgan fingerprint density at radius 3 is 2.85 bits per heavy atom. The molecule has 1 fully saturated rings. The van der Waals surface area contributed by atoms with Gasteiger partial charge in [0.1, 0.15) is 0 Å². The molecule has 2 heterocycles. The van der Waals surface area contributed by atoms with E-state index in [1.54, 1.807) is 0 Å². The summed E-state index contributed by atoms with van der Waals surface area (Å²) in [5.41, 5.74) is 2.53. The SMILES string of the molecule is CCc1cc(CN(CC(C)C)CC2CCCN2)n(C)n1. The second-order valence-electron chi connectivity index (χ2n) is 6.49. The highest BCUT2D eigenvalue weighted by Crippen LogP contribution is 2.13. The fraction of sp³-hybridized carbons (Fsp3) is 0.812. The molecule has 1 aromatic rings. The number of hydrogen-bond acceptors (Lipinski definition) is 3. The normalized spacial score (nSPS) is 19.4. The van der Waals surface area contributed by atoms with Crippen LogP contribution in [-0.2, 0) is 20.0 Å². The Morgan fingerprint density at radius 2 is 2.30 bits per heavy atom. The van der Waals surface area contributed by atoms with Gasteiger partial charge in [-0.1, -0.05) is 20.8 Å². The third-order valence-corrected chi connectivity index (χ3v) is 4.04. The second-order valence-corrected chi connectivity index (χ2v) is 6.49. The van der Waals surface area contributed by atoms with Crippen LogP contribution >= 0.6 is 0 Å². The topological polar surface area (TPSA) is 33.1 Å². The van der Waals surface area contributed by atoms with Crippen LogP contribution in [0.15, 0.2) is 6.07 Å². The van der Waals surface area contributed by atoms with Crippen molar-refractivity contribution in [1.82, 2.24) is 20.0 Å². The summed E-state index contributed by atoms with van der Waals surface area (Å²) in [6.45, 7) is 11.3. The van der Waals surface area contributed by atoms with Crippen molar-refractivity contribution < 1.29 is 0 Å². The first-order chi connectivity index (χ1) is 9.58. The van der Waals surface area contributed by atoms with Gasteiger partial charge >= 0.3 is 0 Å². The fourth-order valence-electron chi connectivity index (χ4n) is 3.07. The first kappa shape index (κ1) is 15.5. The molecule has 4 nitrogen and oxygen atoms in total. The summed E-state index contributed by atoms with van der Waals surface area (Å²) in [4.78, 5) is 2.59. The summed E-state index contributed by atoms with van der Waals surface area (Å²) in [5.74, 6) is 0.704. The molecule has 0 spiro atoms. The molecule has 1 atom stereocenters. The number of nitrogens with one attached hydrogen (secondary N) is 1. The largest absolute Gasteiger partial charge is 0.313 e. The van der Waals surface area contributed by atoms with Gasteiger partial charge in [-0.15, -0.1) is 0 Å². The van der Waals surface area contributed by atoms with E-state index in [1.807, 2.05) is 4.68 Å². The highest BCUT2D eigenvalue weighted by atomic mass is 15.3. The van der Waals surface area contributed by atoms with Gasteiger partial charge in [-0.05, 0) is 37.8 Å². The Labute approximate surface area is 123 Å². The number of aromatic nitrogens is 2. The van der Waals surface area contributed by atoms with Crippen LogP contribution in [0.4, 0.5) is 0 Å². The van der Waals surface area contributed by atoms with E-state index in [0.717, 1.165) is 26.1 Å². The van der Waals surface area contributed by atoms with E-state index in [4.69, 9.17) is 0 Å². The number of rotatable bonds is 7. The maximum absolute atomic E-state index is 4.57. The molecule has 0 radical (unpaired) electrons. The van der Waals surface area contributed by atoms with E-state index in [9.17, 15) is 0 Å². The first-order valence-electron chi connectivity index (χ1n) is 8.06. The van der Waals surface area contributed by atoms with Gasteiger partial charge in [-0.25, -0.2) is 0 Å². The molecule has 1 saturated heterocycles. The van der Waals surface area contributed by atoms with Crippen LogP contribution < -0.4 is 5.32 Å². The van der Waals surface area contributed by atoms with E-state index in [0.29, 0.717) is 12.0 Å². The van der Waals surface area contributed by atoms with Crippen molar-refractivity contribution in [2.75, 3.05) is 19.6 Å². The van der Waals surface area contributed by atoms with Crippen LogP contribution in [0.25, 0.3) is 0 Å². The summed E-state index contributed by atoms with van der Waals surface area (Å²) in [6, 6.07) is 2.93. The molecule has 1 aliphatic heterocycles. The lowest BCUT2D eigenvalue weighted by Crippen LogP contribution is -2.39. The van der Waals surface area contributed by atoms with Gasteiger partial charge in [0.05, 0.1) is 11.4 Å². The fourth-order valence-corrected chi connectivity index (χ4v) is 3.07. The summed E-state index contributed by atoms with van der Waals surface area (Å²) >= 11 is 0. The molecule has 0 bridgehead atoms. The standard InChI is InChI=1S/C16H30N4/c1-5-14-9-16(19(4)18-14)12-20(10-13(2)3)11-15-7-6-8-17-15/h9,13,15,17H,5-8,10-12H2,1-4H3. The summed E-state index contributed by atoms with van der Waals surface area (Å²) in [7, 11) is 2.07. The average Bonchev–Trinajstić information content (AvgIpc) is 2.99. The van der Waals surface area contributed by atoms with Crippen molar-refractivity contribution in [3.05, 3.63) is 17.5 Å². The number of aryl methyl sites for hydroxylation is 2. The van der Waals surface area contributed by atoms with E-state index in [-0.39, 0.29) is 0 Å². The summed E-state index contributed by atoms with van der Waals surface area (Å²) in [6.07, 6.45) is 3.66. The van der Waals surface area contributed by atoms with Crippen LogP contribution in [-0.4, -0.2) is 40.4 Å². The highest BCUT2D eigenvalue weighted by molar-refractivity contribution is 5.10. The quantitative estimate of drug-likeness (QED) is 0.830. The third-order valence-electron chi connectivity index (χ3n) is 4.04. The highest BCUT2D eigenvalue weighted by Gasteiger charge is 2.19. The zero-order chi connectivity index (χ0) is 14.5. The molecule has 0 saturated carbocycles. The Kier molecular flexibility index (Phi) is 5.61. The molecule has 0 aromatic carbocycles. The Hall–Kier alpha value is -0.870. The van der Waals surface area contributed by atoms with Gasteiger partial charge in [0.25, 0.3) is 0 Å². The lowest BCUT2D eigenvalue weighted by molar-refractivity contribution is 0.211. The van der Waals surface area contributed by atoms with Gasteiger partial charge < -0.3 is 5.32 Å². The Morgan fingerprint density at radius 1 is 1.50 bits per heavy atom. The molecular formula is C16H30N4. The second kappa shape index (κ2) is 7.23. The lowest BCUT2D eigenvalue weighted by atomic mass is 10.1. The minimum Gasteiger partial charge on any atom is -0.313 e. The molecule has 2 rings (SSSR count). The molecule has 1 aliphatic rings. The van der Waals surface area contributed by atoms with E-state index in [2.05, 4.69) is 49.2 Å². The maximum atomic E-state index is 4.57. The van der Waals surface area contributed by atoms with Gasteiger partial charge in [-0.2, -0.15) is 5.10 Å². The molecule has 0 amide bonds. The van der Waals surface area contributed by atoms with Crippen LogP contribution in [0.3, 0.4) is 0 Å². The van der Waals surface area contributed by atoms with Gasteiger partial charge in [-0.3, -0.25) is 9.58 Å². The van der Waals surface area contributed by atoms with Gasteiger partial charge in [0.15, 0.2) is 0 Å². The Balaban J connectivity index is 1.99. The Bertz CT molecular complexity index is 405. The van der Waals surface area contributed by atoms with Crippen molar-refractivity contribution in [2.24, 2.45) is 13.0 Å². The minimum absolute atomic E-state index is 0.674. The van der Waals surface area contributed by atoms with E-state index >= 15 is 0 Å². The lowest BCUT2D eigenvalue weighted by Gasteiger charge is -2.27. The van der Waals surface area contributed by atoms with Crippen LogP contribution in [0.5, 0.6) is 0 Å². The van der Waals surface area contributed by atoms with Gasteiger partial charge in [0.2, 0.25) is 0 Å². The molecule has 114 valence electrons. The van der Waals surface area contributed by atoms with Crippen LogP contribution in [0.1, 0.15) is 45.0 Å². The van der Waals surface area contributed by atoms with E-state index < -0.39 is 0 Å². The number of hydrogen-bond donors (Lipinski definition) is 1. The monoisotopic (exact) mass is 278 g/mol. The number of nitrogens with zero attached hydrogens (tertiary/aromatic N) is 3. The zero-order valence-corrected chi connectivity index (χ0v) is 13.5. The molecule has 4 heteroatoms. The van der Waals surface area contributed by atoms with Crippen molar-refractivity contribution >= 4 is 0 Å². The van der Waals surface area contributed by atoms with Crippen molar-refractivity contribution in [1.29, 1.82) is 0 Å². The third kappa shape index (κ3) is 4.32. The predicted molar refractivity (Wildman–Crippen MR) is 83.7 cm³/mol. The average molecular weight is 278 g/mol. The van der Waals surface area contributed by atoms with Crippen LogP contribution in [0, 0.1) is 5.92 Å². The molecule has 1 unspecified atom stereocenters. The predicted octanol–water partition coefficient (Wildman–Crippen LogP) is 2.19. The molecular weight excluding hydrogens is 248 g/mol. The summed E-state index contributed by atoms with van der Waals surface area (Å²) < 4.78 is 2.05. The van der Waals surface area contributed by atoms with Crippen molar-refractivity contribution in [3.63, 3.8) is 0 Å². The minimum atomic E-state index is 0.674. The molecule has 1 N–H and O–H groups in total. The smallest absolute Gasteiger partial charge is 0.0625 e. The molecule has 1 aromatic heterocycles. The van der Waals surface area contributed by atoms with Crippen LogP contribution in [0.2, 0.25) is 0 Å². The maximum Gasteiger partial charge on any atom is 0.0625 e. The first-order valence-corrected chi connectivity index (χ1v) is 8.06.